The van der Waals surface area contributed by atoms with Crippen molar-refractivity contribution in [1.29, 1.82) is 0 Å². The predicted octanol–water partition coefficient (Wildman–Crippen LogP) is 1.75. The van der Waals surface area contributed by atoms with Crippen molar-refractivity contribution >= 4 is 17.6 Å². The number of hydrogen-bond acceptors (Lipinski definition) is 5. The fourth-order valence-electron chi connectivity index (χ4n) is 1.56. The second-order valence-electron chi connectivity index (χ2n) is 3.94. The van der Waals surface area contributed by atoms with Crippen molar-refractivity contribution in [2.75, 3.05) is 7.11 Å². The van der Waals surface area contributed by atoms with E-state index in [9.17, 15) is 4.79 Å². The molecular formula is C12H12ClN3O4. The molecule has 8 heteroatoms. The van der Waals surface area contributed by atoms with Gasteiger partial charge in [0.05, 0.1) is 17.7 Å². The van der Waals surface area contributed by atoms with Crippen LogP contribution in [0.2, 0.25) is 5.02 Å². The molecule has 7 nitrogen and oxygen atoms in total. The van der Waals surface area contributed by atoms with Crippen LogP contribution < -0.4 is 9.47 Å². The number of aromatic nitrogens is 3. The van der Waals surface area contributed by atoms with Gasteiger partial charge in [0, 0.05) is 7.05 Å². The van der Waals surface area contributed by atoms with Gasteiger partial charge in [-0.3, -0.25) is 0 Å². The van der Waals surface area contributed by atoms with Crippen molar-refractivity contribution in [2.24, 2.45) is 7.05 Å². The molecule has 106 valence electrons. The third-order valence-electron chi connectivity index (χ3n) is 2.63. The second kappa shape index (κ2) is 5.79. The van der Waals surface area contributed by atoms with Crippen LogP contribution in [0.25, 0.3) is 0 Å². The number of carbonyl (C=O) groups is 1. The highest BCUT2D eigenvalue weighted by Crippen LogP contribution is 2.36. The summed E-state index contributed by atoms with van der Waals surface area (Å²) in [6.45, 7) is 0.138. The fourth-order valence-corrected chi connectivity index (χ4v) is 1.82. The largest absolute Gasteiger partial charge is 0.493 e. The molecule has 0 atom stereocenters. The Morgan fingerprint density at radius 1 is 1.50 bits per heavy atom. The number of carboxylic acid groups (broad SMARTS) is 1. The smallest absolute Gasteiger partial charge is 0.335 e. The number of benzene rings is 1. The first-order valence-electron chi connectivity index (χ1n) is 5.59. The molecule has 1 aromatic carbocycles. The van der Waals surface area contributed by atoms with Crippen LogP contribution in [-0.2, 0) is 13.7 Å². The number of halogens is 1. The summed E-state index contributed by atoms with van der Waals surface area (Å²) in [5, 5.41) is 16.7. The molecule has 1 heterocycles. The molecule has 0 amide bonds. The standard InChI is InChI=1S/C12H12ClN3O4/c1-16-6-14-15-10(16)5-20-11-8(13)3-7(12(17)18)4-9(11)19-2/h3-4,6H,5H2,1-2H3,(H,17,18). The van der Waals surface area contributed by atoms with Crippen molar-refractivity contribution in [3.05, 3.63) is 34.9 Å². The number of aromatic carboxylic acids is 1. The predicted molar refractivity (Wildman–Crippen MR) is 70.3 cm³/mol. The van der Waals surface area contributed by atoms with Crippen LogP contribution in [0.15, 0.2) is 18.5 Å². The Balaban J connectivity index is 2.27. The number of ether oxygens (including phenoxy) is 2. The highest BCUT2D eigenvalue weighted by atomic mass is 35.5. The van der Waals surface area contributed by atoms with Crippen molar-refractivity contribution in [1.82, 2.24) is 14.8 Å². The molecular weight excluding hydrogens is 286 g/mol. The second-order valence-corrected chi connectivity index (χ2v) is 4.35. The van der Waals surface area contributed by atoms with E-state index in [-0.39, 0.29) is 28.7 Å². The first-order chi connectivity index (χ1) is 9.52. The number of carboxylic acids is 1. The van der Waals surface area contributed by atoms with Crippen LogP contribution in [0.1, 0.15) is 16.2 Å². The van der Waals surface area contributed by atoms with Crippen LogP contribution >= 0.6 is 11.6 Å². The van der Waals surface area contributed by atoms with E-state index in [1.807, 2.05) is 0 Å². The van der Waals surface area contributed by atoms with E-state index in [1.165, 1.54) is 19.2 Å². The van der Waals surface area contributed by atoms with Gasteiger partial charge in [-0.1, -0.05) is 11.6 Å². The molecule has 0 aliphatic heterocycles. The third-order valence-corrected chi connectivity index (χ3v) is 2.91. The van der Waals surface area contributed by atoms with Crippen molar-refractivity contribution in [3.8, 4) is 11.5 Å². The quantitative estimate of drug-likeness (QED) is 0.905. The van der Waals surface area contributed by atoms with Crippen molar-refractivity contribution in [3.63, 3.8) is 0 Å². The summed E-state index contributed by atoms with van der Waals surface area (Å²) in [6, 6.07) is 2.65. The van der Waals surface area contributed by atoms with E-state index in [0.717, 1.165) is 0 Å². The summed E-state index contributed by atoms with van der Waals surface area (Å²) >= 11 is 6.03. The molecule has 0 bridgehead atoms. The van der Waals surface area contributed by atoms with Gasteiger partial charge < -0.3 is 19.1 Å². The van der Waals surface area contributed by atoms with Crippen LogP contribution in [0.5, 0.6) is 11.5 Å². The maximum absolute atomic E-state index is 10.9. The molecule has 2 aromatic rings. The maximum atomic E-state index is 10.9. The molecule has 0 radical (unpaired) electrons. The number of methoxy groups -OCH3 is 1. The van der Waals surface area contributed by atoms with Gasteiger partial charge >= 0.3 is 5.97 Å². The molecule has 20 heavy (non-hydrogen) atoms. The Kier molecular flexibility index (Phi) is 4.09. The van der Waals surface area contributed by atoms with E-state index >= 15 is 0 Å². The van der Waals surface area contributed by atoms with Gasteiger partial charge in [0.2, 0.25) is 0 Å². The monoisotopic (exact) mass is 297 g/mol. The summed E-state index contributed by atoms with van der Waals surface area (Å²) in [5.41, 5.74) is 0.0258. The summed E-state index contributed by atoms with van der Waals surface area (Å²) in [5.74, 6) is 0.0229. The fraction of sp³-hybridized carbons (Fsp3) is 0.250. The minimum Gasteiger partial charge on any atom is -0.493 e. The number of rotatable bonds is 5. The Morgan fingerprint density at radius 3 is 2.80 bits per heavy atom. The lowest BCUT2D eigenvalue weighted by molar-refractivity contribution is 0.0696. The highest BCUT2D eigenvalue weighted by Gasteiger charge is 2.16. The zero-order valence-electron chi connectivity index (χ0n) is 10.8. The van der Waals surface area contributed by atoms with E-state index in [4.69, 9.17) is 26.2 Å². The maximum Gasteiger partial charge on any atom is 0.335 e. The Bertz CT molecular complexity index is 642. The van der Waals surface area contributed by atoms with E-state index in [0.29, 0.717) is 5.82 Å². The molecule has 0 aliphatic carbocycles. The van der Waals surface area contributed by atoms with E-state index in [1.54, 1.807) is 17.9 Å². The van der Waals surface area contributed by atoms with Gasteiger partial charge in [0.15, 0.2) is 17.3 Å². The molecule has 0 fully saturated rings. The van der Waals surface area contributed by atoms with Gasteiger partial charge in [0.1, 0.15) is 12.9 Å². The zero-order valence-corrected chi connectivity index (χ0v) is 11.6. The third kappa shape index (κ3) is 2.83. The molecule has 0 aliphatic rings. The average molecular weight is 298 g/mol. The highest BCUT2D eigenvalue weighted by molar-refractivity contribution is 6.32. The zero-order chi connectivity index (χ0) is 14.7. The van der Waals surface area contributed by atoms with Gasteiger partial charge in [-0.15, -0.1) is 10.2 Å². The Labute approximate surface area is 119 Å². The molecule has 1 N–H and O–H groups in total. The summed E-state index contributed by atoms with van der Waals surface area (Å²) in [7, 11) is 3.19. The number of nitrogens with zero attached hydrogens (tertiary/aromatic N) is 3. The van der Waals surface area contributed by atoms with Gasteiger partial charge in [-0.25, -0.2) is 4.79 Å². The lowest BCUT2D eigenvalue weighted by Crippen LogP contribution is -2.05. The molecule has 2 rings (SSSR count). The lowest BCUT2D eigenvalue weighted by Gasteiger charge is -2.12. The first kappa shape index (κ1) is 14.1. The summed E-state index contributed by atoms with van der Waals surface area (Å²) in [6.07, 6.45) is 1.55. The summed E-state index contributed by atoms with van der Waals surface area (Å²) < 4.78 is 12.3. The van der Waals surface area contributed by atoms with Gasteiger partial charge in [-0.05, 0) is 12.1 Å². The van der Waals surface area contributed by atoms with Gasteiger partial charge in [0.25, 0.3) is 0 Å². The number of aryl methyl sites for hydroxylation is 1. The molecule has 0 spiro atoms. The first-order valence-corrected chi connectivity index (χ1v) is 5.97. The molecule has 1 aromatic heterocycles. The van der Waals surface area contributed by atoms with Crippen molar-refractivity contribution in [2.45, 2.75) is 6.61 Å². The minimum absolute atomic E-state index is 0.0258. The van der Waals surface area contributed by atoms with E-state index < -0.39 is 5.97 Å². The number of hydrogen-bond donors (Lipinski definition) is 1. The normalized spacial score (nSPS) is 10.3. The topological polar surface area (TPSA) is 86.5 Å². The Morgan fingerprint density at radius 2 is 2.25 bits per heavy atom. The van der Waals surface area contributed by atoms with Crippen LogP contribution in [-0.4, -0.2) is 33.0 Å². The van der Waals surface area contributed by atoms with E-state index in [2.05, 4.69) is 10.2 Å². The molecule has 0 saturated carbocycles. The van der Waals surface area contributed by atoms with Crippen LogP contribution in [0.3, 0.4) is 0 Å². The van der Waals surface area contributed by atoms with Crippen molar-refractivity contribution < 1.29 is 19.4 Å². The molecule has 0 saturated heterocycles. The Hall–Kier alpha value is -2.28. The lowest BCUT2D eigenvalue weighted by atomic mass is 10.2. The average Bonchev–Trinajstić information content (AvgIpc) is 2.82. The van der Waals surface area contributed by atoms with Crippen LogP contribution in [0, 0.1) is 0 Å². The molecule has 0 unspecified atom stereocenters. The SMILES string of the molecule is COc1cc(C(=O)O)cc(Cl)c1OCc1nncn1C. The summed E-state index contributed by atoms with van der Waals surface area (Å²) in [4.78, 5) is 10.9. The minimum atomic E-state index is -1.09. The van der Waals surface area contributed by atoms with Crippen LogP contribution in [0.4, 0.5) is 0 Å². The van der Waals surface area contributed by atoms with Gasteiger partial charge in [-0.2, -0.15) is 0 Å².